The van der Waals surface area contributed by atoms with Crippen LogP contribution in [0.3, 0.4) is 0 Å². The Hall–Kier alpha value is -2.56. The summed E-state index contributed by atoms with van der Waals surface area (Å²) < 4.78 is 24.7. The van der Waals surface area contributed by atoms with Gasteiger partial charge < -0.3 is 5.53 Å². The predicted molar refractivity (Wildman–Crippen MR) is 86.6 cm³/mol. The first kappa shape index (κ1) is 16.8. The molecule has 0 amide bonds. The van der Waals surface area contributed by atoms with Gasteiger partial charge in [0.2, 0.25) is 0 Å². The number of hydrogen-bond donors (Lipinski definition) is 0. The molecule has 2 rings (SSSR count). The molecule has 0 fully saturated rings. The molecule has 0 aliphatic rings. The van der Waals surface area contributed by atoms with Gasteiger partial charge in [-0.15, -0.1) is 4.79 Å². The Balaban J connectivity index is 2.06. The molecule has 6 heteroatoms. The van der Waals surface area contributed by atoms with Crippen molar-refractivity contribution in [3.63, 3.8) is 0 Å². The van der Waals surface area contributed by atoms with Crippen molar-refractivity contribution in [3.05, 3.63) is 71.8 Å². The van der Waals surface area contributed by atoms with Gasteiger partial charge in [0, 0.05) is 6.42 Å². The van der Waals surface area contributed by atoms with Gasteiger partial charge in [-0.2, -0.15) is 0 Å². The van der Waals surface area contributed by atoms with Gasteiger partial charge in [-0.05, 0) is 30.5 Å². The highest BCUT2D eigenvalue weighted by atomic mass is 32.2. The summed E-state index contributed by atoms with van der Waals surface area (Å²) in [5, 5.41) is -0.809. The van der Waals surface area contributed by atoms with Crippen molar-refractivity contribution in [1.29, 1.82) is 0 Å². The van der Waals surface area contributed by atoms with E-state index in [0.29, 0.717) is 12.8 Å². The Labute approximate surface area is 135 Å². The average Bonchev–Trinajstić information content (AvgIpc) is 2.57. The fourth-order valence-corrected chi connectivity index (χ4v) is 3.42. The van der Waals surface area contributed by atoms with Crippen LogP contribution in [0, 0.1) is 0 Å². The number of nitrogens with zero attached hydrogens (tertiary/aromatic N) is 2. The van der Waals surface area contributed by atoms with Crippen molar-refractivity contribution in [2.24, 2.45) is 0 Å². The van der Waals surface area contributed by atoms with Gasteiger partial charge in [-0.25, -0.2) is 8.42 Å². The second-order valence-electron chi connectivity index (χ2n) is 4.98. The molecule has 2 aromatic carbocycles. The Kier molecular flexibility index (Phi) is 5.57. The van der Waals surface area contributed by atoms with Crippen LogP contribution in [0.25, 0.3) is 5.53 Å². The van der Waals surface area contributed by atoms with Gasteiger partial charge in [0.15, 0.2) is 0 Å². The summed E-state index contributed by atoms with van der Waals surface area (Å²) in [5.74, 6) is -0.688. The van der Waals surface area contributed by atoms with Gasteiger partial charge in [0.1, 0.15) is 0 Å². The summed E-state index contributed by atoms with van der Waals surface area (Å²) >= 11 is 0. The van der Waals surface area contributed by atoms with Crippen molar-refractivity contribution in [2.75, 3.05) is 0 Å². The maximum Gasteiger partial charge on any atom is 0.451 e. The summed E-state index contributed by atoms with van der Waals surface area (Å²) in [5.41, 5.74) is 10.1. The topological polar surface area (TPSA) is 87.6 Å². The van der Waals surface area contributed by atoms with Crippen LogP contribution in [0.5, 0.6) is 0 Å². The van der Waals surface area contributed by atoms with E-state index in [0.717, 1.165) is 5.56 Å². The molecule has 0 unspecified atom stereocenters. The summed E-state index contributed by atoms with van der Waals surface area (Å²) in [6.45, 7) is 0. The summed E-state index contributed by atoms with van der Waals surface area (Å²) in [6.07, 6.45) is 1.13. The lowest BCUT2D eigenvalue weighted by Crippen LogP contribution is -2.25. The quantitative estimate of drug-likeness (QED) is 0.353. The van der Waals surface area contributed by atoms with E-state index in [-0.39, 0.29) is 11.3 Å². The molecule has 118 valence electrons. The van der Waals surface area contributed by atoms with Crippen LogP contribution in [-0.2, 0) is 21.1 Å². The highest BCUT2D eigenvalue weighted by molar-refractivity contribution is 8.08. The molecule has 0 aromatic heterocycles. The fraction of sp³-hybridized carbons (Fsp3) is 0.176. The Morgan fingerprint density at radius 1 is 0.957 bits per heavy atom. The SMILES string of the molecule is [N-]=[N+]=C(C(=O)CCCc1ccccc1)S(=O)(=O)c1ccccc1. The summed E-state index contributed by atoms with van der Waals surface area (Å²) in [4.78, 5) is 14.8. The molecule has 0 saturated carbocycles. The highest BCUT2D eigenvalue weighted by Crippen LogP contribution is 2.13. The van der Waals surface area contributed by atoms with Crippen molar-refractivity contribution >= 4 is 20.7 Å². The van der Waals surface area contributed by atoms with Crippen molar-refractivity contribution in [3.8, 4) is 0 Å². The second kappa shape index (κ2) is 7.63. The lowest BCUT2D eigenvalue weighted by Gasteiger charge is -2.01. The van der Waals surface area contributed by atoms with Crippen LogP contribution in [0.1, 0.15) is 18.4 Å². The van der Waals surface area contributed by atoms with E-state index in [9.17, 15) is 13.2 Å². The maximum absolute atomic E-state index is 12.3. The van der Waals surface area contributed by atoms with Gasteiger partial charge in [0.25, 0.3) is 15.6 Å². The van der Waals surface area contributed by atoms with E-state index in [2.05, 4.69) is 4.79 Å². The van der Waals surface area contributed by atoms with Gasteiger partial charge in [0.05, 0.1) is 4.90 Å². The van der Waals surface area contributed by atoms with Crippen LogP contribution in [0.2, 0.25) is 0 Å². The summed E-state index contributed by atoms with van der Waals surface area (Å²) in [6, 6.07) is 17.0. The molecule has 0 N–H and O–H groups in total. The van der Waals surface area contributed by atoms with E-state index in [4.69, 9.17) is 5.53 Å². The molecule has 0 atom stereocenters. The van der Waals surface area contributed by atoms with E-state index in [1.807, 2.05) is 30.3 Å². The highest BCUT2D eigenvalue weighted by Gasteiger charge is 2.36. The first-order valence-corrected chi connectivity index (χ1v) is 8.63. The standard InChI is InChI=1S/C17H16N2O3S/c18-19-17(23(21,22)15-11-5-2-6-12-15)16(20)13-7-10-14-8-3-1-4-9-14/h1-6,8-9,11-12H,7,10,13H2. The number of sulfone groups is 1. The molecule has 0 saturated heterocycles. The molecule has 5 nitrogen and oxygen atoms in total. The number of benzene rings is 2. The average molecular weight is 328 g/mol. The normalized spacial score (nSPS) is 10.8. The van der Waals surface area contributed by atoms with E-state index < -0.39 is 20.7 Å². The number of rotatable bonds is 6. The zero-order valence-electron chi connectivity index (χ0n) is 12.4. The van der Waals surface area contributed by atoms with Gasteiger partial charge >= 0.3 is 5.04 Å². The zero-order chi connectivity index (χ0) is 16.7. The predicted octanol–water partition coefficient (Wildman–Crippen LogP) is 2.68. The number of ketones is 1. The largest absolute Gasteiger partial charge is 0.451 e. The minimum atomic E-state index is -4.09. The monoisotopic (exact) mass is 328 g/mol. The first-order valence-electron chi connectivity index (χ1n) is 7.15. The van der Waals surface area contributed by atoms with Crippen LogP contribution >= 0.6 is 0 Å². The van der Waals surface area contributed by atoms with Crippen LogP contribution < -0.4 is 0 Å². The van der Waals surface area contributed by atoms with Crippen LogP contribution in [0.4, 0.5) is 0 Å². The molecule has 23 heavy (non-hydrogen) atoms. The molecular formula is C17H16N2O3S. The third-order valence-corrected chi connectivity index (χ3v) is 5.06. The number of aryl methyl sites for hydroxylation is 1. The zero-order valence-corrected chi connectivity index (χ0v) is 13.2. The number of carbonyl (C=O) groups excluding carboxylic acids is 1. The van der Waals surface area contributed by atoms with Gasteiger partial charge in [-0.1, -0.05) is 48.5 Å². The summed E-state index contributed by atoms with van der Waals surface area (Å²) in [7, 11) is -4.09. The fourth-order valence-electron chi connectivity index (χ4n) is 2.18. The molecule has 0 spiro atoms. The smallest absolute Gasteiger partial charge is 0.360 e. The Morgan fingerprint density at radius 2 is 1.52 bits per heavy atom. The molecular weight excluding hydrogens is 312 g/mol. The van der Waals surface area contributed by atoms with Crippen LogP contribution in [-0.4, -0.2) is 24.0 Å². The second-order valence-corrected chi connectivity index (χ2v) is 6.85. The third kappa shape index (κ3) is 4.22. The van der Waals surface area contributed by atoms with Gasteiger partial charge in [-0.3, -0.25) is 4.79 Å². The molecule has 2 aromatic rings. The first-order chi connectivity index (χ1) is 11.1. The molecule has 0 heterocycles. The molecule has 0 bridgehead atoms. The van der Waals surface area contributed by atoms with E-state index in [1.165, 1.54) is 12.1 Å². The lowest BCUT2D eigenvalue weighted by molar-refractivity contribution is -0.116. The number of Topliss-reactive ketones (excluding diaryl/α,β-unsaturated/α-hetero) is 1. The lowest BCUT2D eigenvalue weighted by atomic mass is 10.1. The molecule has 0 aliphatic heterocycles. The minimum Gasteiger partial charge on any atom is -0.360 e. The third-order valence-electron chi connectivity index (χ3n) is 3.35. The minimum absolute atomic E-state index is 0.000348. The van der Waals surface area contributed by atoms with Crippen molar-refractivity contribution in [1.82, 2.24) is 0 Å². The van der Waals surface area contributed by atoms with E-state index >= 15 is 0 Å². The molecule has 0 radical (unpaired) electrons. The van der Waals surface area contributed by atoms with E-state index in [1.54, 1.807) is 18.2 Å². The van der Waals surface area contributed by atoms with Crippen LogP contribution in [0.15, 0.2) is 65.6 Å². The van der Waals surface area contributed by atoms with Crippen molar-refractivity contribution in [2.45, 2.75) is 24.2 Å². The Bertz CT molecular complexity index is 825. The number of hydrogen-bond acceptors (Lipinski definition) is 3. The Morgan fingerprint density at radius 3 is 2.09 bits per heavy atom. The number of carbonyl (C=O) groups is 1. The maximum atomic E-state index is 12.3. The van der Waals surface area contributed by atoms with Crippen molar-refractivity contribution < 1.29 is 18.0 Å². The molecule has 0 aliphatic carbocycles.